The molecule has 2 aromatic rings. The highest BCUT2D eigenvalue weighted by Crippen LogP contribution is 2.21. The standard InChI is InChI=1S/C22H28N4O3/c27-20(23-11-10-16-6-2-1-3-7-16)14-17-15-29-13-12-26(17)22(28)21-18-8-4-5-9-19(18)24-25-21/h4-6,8-9,17H,1-3,7,10-15H2,(H,23,27)(H,24,25)/t17-/m0/s1. The number of carbonyl (C=O) groups is 2. The Kier molecular flexibility index (Phi) is 6.24. The topological polar surface area (TPSA) is 87.3 Å². The molecule has 1 aliphatic heterocycles. The molecule has 2 heterocycles. The van der Waals surface area contributed by atoms with Crippen LogP contribution in [0.3, 0.4) is 0 Å². The predicted octanol–water partition coefficient (Wildman–Crippen LogP) is 2.80. The molecule has 1 atom stereocenters. The summed E-state index contributed by atoms with van der Waals surface area (Å²) in [6, 6.07) is 7.29. The first-order chi connectivity index (χ1) is 14.2. The van der Waals surface area contributed by atoms with Crippen LogP contribution in [0, 0.1) is 0 Å². The summed E-state index contributed by atoms with van der Waals surface area (Å²) in [7, 11) is 0. The number of H-pyrrole nitrogens is 1. The second kappa shape index (κ2) is 9.22. The molecule has 29 heavy (non-hydrogen) atoms. The van der Waals surface area contributed by atoms with Gasteiger partial charge >= 0.3 is 0 Å². The second-order valence-corrected chi connectivity index (χ2v) is 7.76. The molecule has 4 rings (SSSR count). The highest BCUT2D eigenvalue weighted by molar-refractivity contribution is 6.04. The molecule has 7 nitrogen and oxygen atoms in total. The van der Waals surface area contributed by atoms with Gasteiger partial charge in [-0.25, -0.2) is 0 Å². The van der Waals surface area contributed by atoms with Crippen molar-refractivity contribution in [1.82, 2.24) is 20.4 Å². The third-order valence-corrected chi connectivity index (χ3v) is 5.74. The van der Waals surface area contributed by atoms with Gasteiger partial charge in [0, 0.05) is 24.9 Å². The van der Waals surface area contributed by atoms with Gasteiger partial charge < -0.3 is 15.0 Å². The summed E-state index contributed by atoms with van der Waals surface area (Å²) in [6.45, 7) is 1.95. The fraction of sp³-hybridized carbons (Fsp3) is 0.500. The Morgan fingerprint density at radius 3 is 3.03 bits per heavy atom. The second-order valence-electron chi connectivity index (χ2n) is 7.76. The van der Waals surface area contributed by atoms with E-state index in [1.165, 1.54) is 18.4 Å². The summed E-state index contributed by atoms with van der Waals surface area (Å²) < 4.78 is 5.56. The molecule has 0 bridgehead atoms. The number of benzene rings is 1. The van der Waals surface area contributed by atoms with Crippen molar-refractivity contribution < 1.29 is 14.3 Å². The van der Waals surface area contributed by atoms with Gasteiger partial charge in [0.05, 0.1) is 24.8 Å². The van der Waals surface area contributed by atoms with Crippen molar-refractivity contribution in [2.24, 2.45) is 0 Å². The summed E-state index contributed by atoms with van der Waals surface area (Å²) in [6.07, 6.45) is 8.28. The van der Waals surface area contributed by atoms with E-state index < -0.39 is 0 Å². The van der Waals surface area contributed by atoms with E-state index >= 15 is 0 Å². The molecule has 1 aromatic carbocycles. The smallest absolute Gasteiger partial charge is 0.275 e. The Morgan fingerprint density at radius 1 is 1.28 bits per heavy atom. The first kappa shape index (κ1) is 19.6. The number of hydrogen-bond donors (Lipinski definition) is 2. The Bertz CT molecular complexity index is 904. The lowest BCUT2D eigenvalue weighted by Crippen LogP contribution is -2.50. The van der Waals surface area contributed by atoms with E-state index in [1.807, 2.05) is 24.3 Å². The van der Waals surface area contributed by atoms with Gasteiger partial charge in [-0.05, 0) is 38.2 Å². The minimum absolute atomic E-state index is 0.0402. The Morgan fingerprint density at radius 2 is 2.17 bits per heavy atom. The molecule has 0 radical (unpaired) electrons. The quantitative estimate of drug-likeness (QED) is 0.735. The van der Waals surface area contributed by atoms with Gasteiger partial charge in [-0.15, -0.1) is 0 Å². The van der Waals surface area contributed by atoms with E-state index in [0.29, 0.717) is 32.0 Å². The average molecular weight is 396 g/mol. The molecule has 2 amide bonds. The maximum Gasteiger partial charge on any atom is 0.275 e. The minimum atomic E-state index is -0.277. The highest BCUT2D eigenvalue weighted by Gasteiger charge is 2.31. The van der Waals surface area contributed by atoms with Crippen LogP contribution < -0.4 is 5.32 Å². The molecular formula is C22H28N4O3. The molecule has 0 unspecified atom stereocenters. The summed E-state index contributed by atoms with van der Waals surface area (Å²) in [5.74, 6) is -0.197. The lowest BCUT2D eigenvalue weighted by Gasteiger charge is -2.35. The molecular weight excluding hydrogens is 368 g/mol. The van der Waals surface area contributed by atoms with Crippen LogP contribution >= 0.6 is 0 Å². The highest BCUT2D eigenvalue weighted by atomic mass is 16.5. The predicted molar refractivity (Wildman–Crippen MR) is 111 cm³/mol. The number of amides is 2. The van der Waals surface area contributed by atoms with E-state index in [1.54, 1.807) is 4.90 Å². The SMILES string of the molecule is O=C(C[C@H]1COCCN1C(=O)c1n[nH]c2ccccc12)NCCC1=CCCCC1. The van der Waals surface area contributed by atoms with Crippen LogP contribution in [0.1, 0.15) is 49.0 Å². The zero-order valence-corrected chi connectivity index (χ0v) is 16.7. The summed E-state index contributed by atoms with van der Waals surface area (Å²) >= 11 is 0. The van der Waals surface area contributed by atoms with Gasteiger partial charge in [0.15, 0.2) is 5.69 Å². The van der Waals surface area contributed by atoms with Gasteiger partial charge in [0.2, 0.25) is 5.91 Å². The molecule has 0 spiro atoms. The summed E-state index contributed by atoms with van der Waals surface area (Å²) in [4.78, 5) is 27.3. The number of carbonyl (C=O) groups excluding carboxylic acids is 2. The number of rotatable bonds is 6. The van der Waals surface area contributed by atoms with Crippen LogP contribution in [-0.4, -0.2) is 59.3 Å². The Labute approximate surface area is 170 Å². The third kappa shape index (κ3) is 4.67. The largest absolute Gasteiger partial charge is 0.377 e. The van der Waals surface area contributed by atoms with Crippen LogP contribution in [0.15, 0.2) is 35.9 Å². The van der Waals surface area contributed by atoms with Gasteiger partial charge in [0.25, 0.3) is 5.91 Å². The number of ether oxygens (including phenoxy) is 1. The number of morpholine rings is 1. The molecule has 1 fully saturated rings. The first-order valence-electron chi connectivity index (χ1n) is 10.5. The van der Waals surface area contributed by atoms with E-state index in [0.717, 1.165) is 30.2 Å². The number of fused-ring (bicyclic) bond motifs is 1. The maximum absolute atomic E-state index is 13.1. The molecule has 1 aliphatic carbocycles. The van der Waals surface area contributed by atoms with Gasteiger partial charge in [-0.1, -0.05) is 29.8 Å². The normalized spacial score (nSPS) is 19.8. The van der Waals surface area contributed by atoms with Crippen molar-refractivity contribution >= 4 is 22.7 Å². The number of nitrogens with one attached hydrogen (secondary N) is 2. The van der Waals surface area contributed by atoms with Crippen molar-refractivity contribution in [2.75, 3.05) is 26.3 Å². The molecule has 0 saturated carbocycles. The maximum atomic E-state index is 13.1. The lowest BCUT2D eigenvalue weighted by molar-refractivity contribution is -0.123. The molecule has 154 valence electrons. The van der Waals surface area contributed by atoms with E-state index in [9.17, 15) is 9.59 Å². The molecule has 2 aliphatic rings. The third-order valence-electron chi connectivity index (χ3n) is 5.74. The number of allylic oxidation sites excluding steroid dienone is 1. The van der Waals surface area contributed by atoms with Crippen molar-refractivity contribution in [3.63, 3.8) is 0 Å². The number of aromatic amines is 1. The van der Waals surface area contributed by atoms with Gasteiger partial charge in [-0.3, -0.25) is 14.7 Å². The van der Waals surface area contributed by atoms with Gasteiger partial charge in [0.1, 0.15) is 0 Å². The Hall–Kier alpha value is -2.67. The average Bonchev–Trinajstić information content (AvgIpc) is 3.19. The first-order valence-corrected chi connectivity index (χ1v) is 10.5. The van der Waals surface area contributed by atoms with E-state index in [4.69, 9.17) is 4.74 Å². The number of nitrogens with zero attached hydrogens (tertiary/aromatic N) is 2. The lowest BCUT2D eigenvalue weighted by atomic mass is 9.97. The van der Waals surface area contributed by atoms with E-state index in [2.05, 4.69) is 21.6 Å². The molecule has 1 aromatic heterocycles. The number of para-hydroxylation sites is 1. The minimum Gasteiger partial charge on any atom is -0.377 e. The molecule has 7 heteroatoms. The van der Waals surface area contributed by atoms with Crippen LogP contribution in [0.25, 0.3) is 10.9 Å². The van der Waals surface area contributed by atoms with Crippen molar-refractivity contribution in [3.8, 4) is 0 Å². The monoisotopic (exact) mass is 396 g/mol. The van der Waals surface area contributed by atoms with Crippen LogP contribution in [-0.2, 0) is 9.53 Å². The fourth-order valence-corrected chi connectivity index (χ4v) is 4.13. The number of aromatic nitrogens is 2. The van der Waals surface area contributed by atoms with Crippen LogP contribution in [0.4, 0.5) is 0 Å². The zero-order chi connectivity index (χ0) is 20.1. The molecule has 1 saturated heterocycles. The van der Waals surface area contributed by atoms with E-state index in [-0.39, 0.29) is 24.3 Å². The summed E-state index contributed by atoms with van der Waals surface area (Å²) in [5.41, 5.74) is 2.67. The fourth-order valence-electron chi connectivity index (χ4n) is 4.13. The van der Waals surface area contributed by atoms with Gasteiger partial charge in [-0.2, -0.15) is 5.10 Å². The summed E-state index contributed by atoms with van der Waals surface area (Å²) in [5, 5.41) is 10.9. The van der Waals surface area contributed by atoms with Crippen molar-refractivity contribution in [3.05, 3.63) is 41.6 Å². The van der Waals surface area contributed by atoms with Crippen LogP contribution in [0.2, 0.25) is 0 Å². The molecule has 2 N–H and O–H groups in total. The van der Waals surface area contributed by atoms with Crippen LogP contribution in [0.5, 0.6) is 0 Å². The Balaban J connectivity index is 1.36. The van der Waals surface area contributed by atoms with Crippen molar-refractivity contribution in [2.45, 2.75) is 44.6 Å². The van der Waals surface area contributed by atoms with Crippen molar-refractivity contribution in [1.29, 1.82) is 0 Å². The zero-order valence-electron chi connectivity index (χ0n) is 16.7. The number of hydrogen-bond acceptors (Lipinski definition) is 4.